The van der Waals surface area contributed by atoms with Crippen LogP contribution in [0.15, 0.2) is 52.8 Å². The summed E-state index contributed by atoms with van der Waals surface area (Å²) >= 11 is 0. The van der Waals surface area contributed by atoms with Crippen LogP contribution < -0.4 is 5.73 Å². The molecule has 2 atom stereocenters. The van der Waals surface area contributed by atoms with Crippen molar-refractivity contribution < 1.29 is 4.74 Å². The van der Waals surface area contributed by atoms with Gasteiger partial charge in [0, 0.05) is 19.4 Å². The molecular formula is C17H25N3O. The highest BCUT2D eigenvalue weighted by atomic mass is 16.5. The van der Waals surface area contributed by atoms with Gasteiger partial charge in [-0.2, -0.15) is 0 Å². The molecule has 0 aromatic heterocycles. The van der Waals surface area contributed by atoms with Gasteiger partial charge in [-0.05, 0) is 32.9 Å². The van der Waals surface area contributed by atoms with Gasteiger partial charge in [-0.25, -0.2) is 0 Å². The number of rotatable bonds is 3. The Hall–Kier alpha value is -1.81. The second-order valence-corrected chi connectivity index (χ2v) is 5.71. The number of hydrogen-bond donors (Lipinski definition) is 1. The molecule has 0 bridgehead atoms. The van der Waals surface area contributed by atoms with E-state index in [1.807, 2.05) is 19.9 Å². The average Bonchev–Trinajstić information content (AvgIpc) is 2.58. The van der Waals surface area contributed by atoms with E-state index in [-0.39, 0.29) is 11.6 Å². The minimum absolute atomic E-state index is 0.136. The summed E-state index contributed by atoms with van der Waals surface area (Å²) in [6.45, 7) is 7.48. The molecule has 2 aliphatic heterocycles. The number of methoxy groups -OCH3 is 1. The summed E-state index contributed by atoms with van der Waals surface area (Å²) < 4.78 is 5.82. The lowest BCUT2D eigenvalue weighted by Gasteiger charge is -2.41. The highest BCUT2D eigenvalue weighted by Crippen LogP contribution is 2.30. The van der Waals surface area contributed by atoms with E-state index in [9.17, 15) is 0 Å². The Bertz CT molecular complexity index is 538. The lowest BCUT2D eigenvalue weighted by molar-refractivity contribution is -0.0287. The SMILES string of the molecule is CC=CC1N2CC=CC=C2C(C=C(C)N)=NCC1(C)OC. The molecule has 4 nitrogen and oxygen atoms in total. The molecule has 114 valence electrons. The molecule has 2 rings (SSSR count). The van der Waals surface area contributed by atoms with Crippen molar-refractivity contribution >= 4 is 5.71 Å². The first-order chi connectivity index (χ1) is 10.0. The van der Waals surface area contributed by atoms with Crippen molar-refractivity contribution in [1.82, 2.24) is 4.90 Å². The molecule has 0 amide bonds. The highest BCUT2D eigenvalue weighted by Gasteiger charge is 2.40. The van der Waals surface area contributed by atoms with Gasteiger partial charge in [0.15, 0.2) is 0 Å². The van der Waals surface area contributed by atoms with Crippen molar-refractivity contribution in [3.63, 3.8) is 0 Å². The van der Waals surface area contributed by atoms with Gasteiger partial charge < -0.3 is 15.4 Å². The molecule has 0 spiro atoms. The Morgan fingerprint density at radius 1 is 1.57 bits per heavy atom. The van der Waals surface area contributed by atoms with Crippen molar-refractivity contribution in [3.05, 3.63) is 47.9 Å². The number of nitrogens with zero attached hydrogens (tertiary/aromatic N) is 2. The molecule has 2 heterocycles. The monoisotopic (exact) mass is 287 g/mol. The zero-order valence-electron chi connectivity index (χ0n) is 13.3. The fraction of sp³-hybridized carbons (Fsp3) is 0.471. The first kappa shape index (κ1) is 15.6. The highest BCUT2D eigenvalue weighted by molar-refractivity contribution is 6.08. The first-order valence-electron chi connectivity index (χ1n) is 7.32. The summed E-state index contributed by atoms with van der Waals surface area (Å²) in [6.07, 6.45) is 12.5. The topological polar surface area (TPSA) is 50.8 Å². The van der Waals surface area contributed by atoms with Crippen molar-refractivity contribution in [3.8, 4) is 0 Å². The van der Waals surface area contributed by atoms with Gasteiger partial charge in [0.2, 0.25) is 0 Å². The van der Waals surface area contributed by atoms with E-state index < -0.39 is 0 Å². The van der Waals surface area contributed by atoms with E-state index in [2.05, 4.69) is 42.2 Å². The molecule has 4 heteroatoms. The minimum atomic E-state index is -0.366. The molecule has 0 aromatic rings. The van der Waals surface area contributed by atoms with Crippen LogP contribution in [0.1, 0.15) is 20.8 Å². The predicted molar refractivity (Wildman–Crippen MR) is 88.2 cm³/mol. The van der Waals surface area contributed by atoms with Gasteiger partial charge >= 0.3 is 0 Å². The summed E-state index contributed by atoms with van der Waals surface area (Å²) in [5.74, 6) is 0. The number of hydrogen-bond acceptors (Lipinski definition) is 4. The Labute approximate surface area is 127 Å². The summed E-state index contributed by atoms with van der Waals surface area (Å²) in [4.78, 5) is 7.09. The molecular weight excluding hydrogens is 262 g/mol. The largest absolute Gasteiger partial charge is 0.402 e. The second kappa shape index (κ2) is 6.31. The average molecular weight is 287 g/mol. The quantitative estimate of drug-likeness (QED) is 0.811. The van der Waals surface area contributed by atoms with Crippen molar-refractivity contribution in [2.75, 3.05) is 20.2 Å². The Morgan fingerprint density at radius 3 is 2.95 bits per heavy atom. The molecule has 2 aliphatic rings. The molecule has 2 N–H and O–H groups in total. The fourth-order valence-electron chi connectivity index (χ4n) is 2.78. The number of aliphatic imine (C=N–C) groups is 1. The maximum Gasteiger partial charge on any atom is 0.108 e. The second-order valence-electron chi connectivity index (χ2n) is 5.71. The third-order valence-electron chi connectivity index (χ3n) is 3.99. The van der Waals surface area contributed by atoms with E-state index in [0.717, 1.165) is 23.7 Å². The third kappa shape index (κ3) is 3.10. The Kier molecular flexibility index (Phi) is 4.68. The van der Waals surface area contributed by atoms with Crippen molar-refractivity contribution in [2.45, 2.75) is 32.4 Å². The van der Waals surface area contributed by atoms with Gasteiger partial charge in [0.1, 0.15) is 5.60 Å². The van der Waals surface area contributed by atoms with Crippen LogP contribution in [-0.4, -0.2) is 42.5 Å². The van der Waals surface area contributed by atoms with E-state index >= 15 is 0 Å². The van der Waals surface area contributed by atoms with Crippen LogP contribution >= 0.6 is 0 Å². The van der Waals surface area contributed by atoms with E-state index in [4.69, 9.17) is 15.5 Å². The molecule has 0 radical (unpaired) electrons. The molecule has 2 unspecified atom stereocenters. The molecule has 0 fully saturated rings. The van der Waals surface area contributed by atoms with Gasteiger partial charge in [0.05, 0.1) is 24.0 Å². The summed E-state index contributed by atoms with van der Waals surface area (Å²) in [5, 5.41) is 0. The van der Waals surface area contributed by atoms with Crippen LogP contribution in [0.3, 0.4) is 0 Å². The number of nitrogens with two attached hydrogens (primary N) is 1. The summed E-state index contributed by atoms with van der Waals surface area (Å²) in [5.41, 5.74) is 8.28. The van der Waals surface area contributed by atoms with E-state index in [1.165, 1.54) is 0 Å². The molecule has 0 aliphatic carbocycles. The maximum atomic E-state index is 5.86. The number of fused-ring (bicyclic) bond motifs is 1. The molecule has 0 saturated carbocycles. The van der Waals surface area contributed by atoms with Crippen molar-refractivity contribution in [1.29, 1.82) is 0 Å². The Balaban J connectivity index is 2.53. The van der Waals surface area contributed by atoms with Gasteiger partial charge in [-0.3, -0.25) is 4.99 Å². The van der Waals surface area contributed by atoms with Crippen LogP contribution in [0, 0.1) is 0 Å². The third-order valence-corrected chi connectivity index (χ3v) is 3.99. The maximum absolute atomic E-state index is 5.86. The first-order valence-corrected chi connectivity index (χ1v) is 7.32. The smallest absolute Gasteiger partial charge is 0.108 e. The van der Waals surface area contributed by atoms with Gasteiger partial charge in [0.25, 0.3) is 0 Å². The zero-order valence-corrected chi connectivity index (χ0v) is 13.3. The van der Waals surface area contributed by atoms with Crippen molar-refractivity contribution in [2.24, 2.45) is 10.7 Å². The van der Waals surface area contributed by atoms with Gasteiger partial charge in [-0.15, -0.1) is 0 Å². The Morgan fingerprint density at radius 2 is 2.33 bits per heavy atom. The van der Waals surface area contributed by atoms with Crippen LogP contribution in [0.25, 0.3) is 0 Å². The van der Waals surface area contributed by atoms with Crippen LogP contribution in [0.4, 0.5) is 0 Å². The van der Waals surface area contributed by atoms with Crippen LogP contribution in [0.5, 0.6) is 0 Å². The lowest BCUT2D eigenvalue weighted by Crippen LogP contribution is -2.52. The zero-order chi connectivity index (χ0) is 15.5. The normalized spacial score (nSPS) is 30.0. The molecule has 21 heavy (non-hydrogen) atoms. The lowest BCUT2D eigenvalue weighted by atomic mass is 9.93. The number of ether oxygens (including phenoxy) is 1. The van der Waals surface area contributed by atoms with E-state index in [0.29, 0.717) is 6.54 Å². The fourth-order valence-corrected chi connectivity index (χ4v) is 2.78. The standard InChI is InChI=1S/C17H25N3O/c1-5-8-16-17(3,21-4)12-19-14(11-13(2)18)15-9-6-7-10-20(15)16/h5-9,11,16H,10,12,18H2,1-4H3. The summed E-state index contributed by atoms with van der Waals surface area (Å²) in [7, 11) is 1.75. The minimum Gasteiger partial charge on any atom is -0.402 e. The van der Waals surface area contributed by atoms with Gasteiger partial charge in [-0.1, -0.05) is 24.3 Å². The summed E-state index contributed by atoms with van der Waals surface area (Å²) in [6, 6.07) is 0.136. The van der Waals surface area contributed by atoms with Crippen LogP contribution in [0.2, 0.25) is 0 Å². The number of allylic oxidation sites excluding steroid dienone is 5. The molecule has 0 aromatic carbocycles. The molecule has 0 saturated heterocycles. The van der Waals surface area contributed by atoms with Crippen LogP contribution in [-0.2, 0) is 4.74 Å². The van der Waals surface area contributed by atoms with E-state index in [1.54, 1.807) is 7.11 Å². The predicted octanol–water partition coefficient (Wildman–Crippen LogP) is 2.41.